The van der Waals surface area contributed by atoms with Gasteiger partial charge in [-0.2, -0.15) is 0 Å². The molecule has 2 aromatic carbocycles. The number of rotatable bonds is 6. The summed E-state index contributed by atoms with van der Waals surface area (Å²) in [5, 5.41) is 7.91. The third-order valence-corrected chi connectivity index (χ3v) is 5.74. The molecule has 0 radical (unpaired) electrons. The number of carbonyl (C=O) groups is 4. The van der Waals surface area contributed by atoms with Crippen LogP contribution >= 0.6 is 0 Å². The number of ether oxygens (including phenoxy) is 1. The van der Waals surface area contributed by atoms with Crippen LogP contribution in [0.25, 0.3) is 0 Å². The normalized spacial score (nSPS) is 17.2. The molecule has 0 aliphatic carbocycles. The fourth-order valence-electron chi connectivity index (χ4n) is 3.84. The van der Waals surface area contributed by atoms with Crippen molar-refractivity contribution in [3.63, 3.8) is 0 Å². The van der Waals surface area contributed by atoms with Gasteiger partial charge in [0.15, 0.2) is 0 Å². The Kier molecular flexibility index (Phi) is 8.79. The first-order chi connectivity index (χ1) is 16.3. The number of hydrogen-bond donors (Lipinski definition) is 3. The van der Waals surface area contributed by atoms with Gasteiger partial charge in [0, 0.05) is 13.0 Å². The van der Waals surface area contributed by atoms with Crippen molar-refractivity contribution in [2.45, 2.75) is 51.8 Å². The second kappa shape index (κ2) is 12.0. The van der Waals surface area contributed by atoms with E-state index in [9.17, 15) is 19.2 Å². The molecule has 1 heterocycles. The van der Waals surface area contributed by atoms with Gasteiger partial charge in [-0.25, -0.2) is 4.79 Å². The van der Waals surface area contributed by atoms with Crippen LogP contribution in [-0.2, 0) is 38.6 Å². The number of aryl methyl sites for hydroxylation is 1. The molecule has 1 aliphatic heterocycles. The Hall–Kier alpha value is -3.68. The first-order valence-electron chi connectivity index (χ1n) is 11.5. The largest absolute Gasteiger partial charge is 0.445 e. The molecule has 2 aromatic rings. The van der Waals surface area contributed by atoms with E-state index in [1.54, 1.807) is 13.8 Å². The number of benzene rings is 2. The molecule has 34 heavy (non-hydrogen) atoms. The quantitative estimate of drug-likeness (QED) is 0.567. The van der Waals surface area contributed by atoms with E-state index in [2.05, 4.69) is 16.0 Å². The lowest BCUT2D eigenvalue weighted by molar-refractivity contribution is -0.140. The molecule has 2 unspecified atom stereocenters. The Labute approximate surface area is 199 Å². The molecule has 2 atom stereocenters. The van der Waals surface area contributed by atoms with E-state index in [1.807, 2.05) is 54.6 Å². The number of carbonyl (C=O) groups excluding carboxylic acids is 4. The van der Waals surface area contributed by atoms with Crippen LogP contribution in [-0.4, -0.2) is 42.3 Å². The monoisotopic (exact) mass is 465 g/mol. The number of alkyl carbamates (subject to hydrolysis) is 1. The van der Waals surface area contributed by atoms with Crippen LogP contribution in [0, 0.1) is 5.92 Å². The summed E-state index contributed by atoms with van der Waals surface area (Å²) in [4.78, 5) is 50.6. The SMILES string of the molecule is CC(C)C(NC(=O)OCc1ccccc1)C(=O)NC1Cc2ccccc2CCCNC(=O)C1=O. The highest BCUT2D eigenvalue weighted by Gasteiger charge is 2.32. The van der Waals surface area contributed by atoms with Crippen LogP contribution in [0.15, 0.2) is 54.6 Å². The molecule has 8 nitrogen and oxygen atoms in total. The number of ketones is 1. The van der Waals surface area contributed by atoms with Gasteiger partial charge in [0.2, 0.25) is 11.7 Å². The van der Waals surface area contributed by atoms with Crippen molar-refractivity contribution in [1.29, 1.82) is 0 Å². The molecule has 0 fully saturated rings. The van der Waals surface area contributed by atoms with Crippen molar-refractivity contribution in [3.05, 3.63) is 71.3 Å². The van der Waals surface area contributed by atoms with Crippen LogP contribution < -0.4 is 16.0 Å². The molecule has 0 bridgehead atoms. The fraction of sp³-hybridized carbons (Fsp3) is 0.385. The third kappa shape index (κ3) is 6.91. The Balaban J connectivity index is 1.70. The van der Waals surface area contributed by atoms with Crippen molar-refractivity contribution in [2.75, 3.05) is 6.54 Å². The van der Waals surface area contributed by atoms with Crippen LogP contribution in [0.1, 0.15) is 37.0 Å². The molecular formula is C26H31N3O5. The molecular weight excluding hydrogens is 434 g/mol. The lowest BCUT2D eigenvalue weighted by atomic mass is 9.93. The standard InChI is InChI=1S/C26H31N3O5/c1-17(2)22(29-26(33)34-16-18-9-4-3-5-10-18)24(31)28-21-15-20-12-7-6-11-19(20)13-8-14-27-25(32)23(21)30/h3-7,9-12,17,21-22H,8,13-16H2,1-2H3,(H,27,32)(H,28,31)(H,29,33). The van der Waals surface area contributed by atoms with Crippen LogP contribution in [0.4, 0.5) is 4.79 Å². The van der Waals surface area contributed by atoms with Gasteiger partial charge in [-0.1, -0.05) is 68.4 Å². The maximum Gasteiger partial charge on any atom is 0.408 e. The summed E-state index contributed by atoms with van der Waals surface area (Å²) in [5.41, 5.74) is 2.81. The second-order valence-electron chi connectivity index (χ2n) is 8.69. The first kappa shape index (κ1) is 25.0. The minimum Gasteiger partial charge on any atom is -0.445 e. The summed E-state index contributed by atoms with van der Waals surface area (Å²) >= 11 is 0. The van der Waals surface area contributed by atoms with E-state index in [4.69, 9.17) is 4.74 Å². The zero-order valence-corrected chi connectivity index (χ0v) is 19.5. The van der Waals surface area contributed by atoms with Crippen LogP contribution in [0.2, 0.25) is 0 Å². The molecule has 0 aromatic heterocycles. The molecule has 3 N–H and O–H groups in total. The smallest absolute Gasteiger partial charge is 0.408 e. The fourth-order valence-corrected chi connectivity index (χ4v) is 3.84. The Morgan fingerprint density at radius 2 is 1.71 bits per heavy atom. The maximum atomic E-state index is 13.1. The Bertz CT molecular complexity index is 1020. The van der Waals surface area contributed by atoms with Crippen molar-refractivity contribution >= 4 is 23.7 Å². The van der Waals surface area contributed by atoms with E-state index in [1.165, 1.54) is 0 Å². The average molecular weight is 466 g/mol. The van der Waals surface area contributed by atoms with Gasteiger partial charge >= 0.3 is 6.09 Å². The minimum atomic E-state index is -1.05. The summed E-state index contributed by atoms with van der Waals surface area (Å²) in [5.74, 6) is -2.26. The topological polar surface area (TPSA) is 114 Å². The second-order valence-corrected chi connectivity index (χ2v) is 8.69. The lowest BCUT2D eigenvalue weighted by Crippen LogP contribution is -2.56. The van der Waals surface area contributed by atoms with Gasteiger partial charge in [-0.05, 0) is 35.4 Å². The molecule has 180 valence electrons. The average Bonchev–Trinajstić information content (AvgIpc) is 2.83. The molecule has 1 aliphatic rings. The van der Waals surface area contributed by atoms with E-state index in [0.29, 0.717) is 6.54 Å². The van der Waals surface area contributed by atoms with Crippen molar-refractivity contribution in [3.8, 4) is 0 Å². The highest BCUT2D eigenvalue weighted by atomic mass is 16.5. The van der Waals surface area contributed by atoms with E-state index in [0.717, 1.165) is 29.5 Å². The van der Waals surface area contributed by atoms with Gasteiger partial charge in [-0.3, -0.25) is 14.4 Å². The van der Waals surface area contributed by atoms with E-state index >= 15 is 0 Å². The highest BCUT2D eigenvalue weighted by Crippen LogP contribution is 2.15. The summed E-state index contributed by atoms with van der Waals surface area (Å²) < 4.78 is 5.24. The molecule has 3 amide bonds. The summed E-state index contributed by atoms with van der Waals surface area (Å²) in [6, 6.07) is 14.9. The summed E-state index contributed by atoms with van der Waals surface area (Å²) in [6.45, 7) is 4.00. The molecule has 0 saturated carbocycles. The van der Waals surface area contributed by atoms with Gasteiger partial charge in [0.25, 0.3) is 5.91 Å². The number of Topliss-reactive ketones (excluding diaryl/α,β-unsaturated/α-hetero) is 1. The van der Waals surface area contributed by atoms with E-state index in [-0.39, 0.29) is 18.9 Å². The lowest BCUT2D eigenvalue weighted by Gasteiger charge is -2.25. The Morgan fingerprint density at radius 1 is 1.03 bits per heavy atom. The molecule has 0 spiro atoms. The molecule has 8 heteroatoms. The highest BCUT2D eigenvalue weighted by molar-refractivity contribution is 6.38. The summed E-state index contributed by atoms with van der Waals surface area (Å²) in [6.07, 6.45) is 0.932. The Morgan fingerprint density at radius 3 is 2.41 bits per heavy atom. The van der Waals surface area contributed by atoms with Gasteiger partial charge in [0.1, 0.15) is 18.7 Å². The number of fused-ring (bicyclic) bond motifs is 1. The zero-order chi connectivity index (χ0) is 24.5. The van der Waals surface area contributed by atoms with Gasteiger partial charge < -0.3 is 20.7 Å². The number of nitrogens with one attached hydrogen (secondary N) is 3. The molecule has 3 rings (SSSR count). The first-order valence-corrected chi connectivity index (χ1v) is 11.5. The minimum absolute atomic E-state index is 0.0666. The predicted octanol–water partition coefficient (Wildman–Crippen LogP) is 2.30. The van der Waals surface area contributed by atoms with Crippen molar-refractivity contribution in [1.82, 2.24) is 16.0 Å². The summed E-state index contributed by atoms with van der Waals surface area (Å²) in [7, 11) is 0. The van der Waals surface area contributed by atoms with Crippen LogP contribution in [0.5, 0.6) is 0 Å². The van der Waals surface area contributed by atoms with Crippen molar-refractivity contribution < 1.29 is 23.9 Å². The number of hydrogen-bond acceptors (Lipinski definition) is 5. The van der Waals surface area contributed by atoms with Gasteiger partial charge in [-0.15, -0.1) is 0 Å². The number of amides is 3. The third-order valence-electron chi connectivity index (χ3n) is 5.74. The zero-order valence-electron chi connectivity index (χ0n) is 19.5. The predicted molar refractivity (Wildman–Crippen MR) is 127 cm³/mol. The van der Waals surface area contributed by atoms with Crippen molar-refractivity contribution in [2.24, 2.45) is 5.92 Å². The van der Waals surface area contributed by atoms with Crippen LogP contribution in [0.3, 0.4) is 0 Å². The molecule has 0 saturated heterocycles. The van der Waals surface area contributed by atoms with Gasteiger partial charge in [0.05, 0.1) is 0 Å². The maximum absolute atomic E-state index is 13.1. The van der Waals surface area contributed by atoms with E-state index < -0.39 is 35.8 Å².